The average Bonchev–Trinajstić information content (AvgIpc) is 3.06. The van der Waals surface area contributed by atoms with Crippen LogP contribution < -0.4 is 0 Å². The average molecular weight is 691 g/mol. The summed E-state index contributed by atoms with van der Waals surface area (Å²) in [4.78, 5) is 35.4. The predicted octanol–water partition coefficient (Wildman–Crippen LogP) is 4.39. The predicted molar refractivity (Wildman–Crippen MR) is 188 cm³/mol. The van der Waals surface area contributed by atoms with Gasteiger partial charge in [-0.2, -0.15) is 0 Å². The molecule has 11 heteroatoms. The van der Waals surface area contributed by atoms with Crippen molar-refractivity contribution in [3.63, 3.8) is 0 Å². The van der Waals surface area contributed by atoms with E-state index in [0.29, 0.717) is 18.6 Å². The molecule has 1 heterocycles. The molecule has 13 atom stereocenters. The molecule has 0 bridgehead atoms. The third kappa shape index (κ3) is 9.55. The number of ether oxygens (including phenoxy) is 3. The molecule has 49 heavy (non-hydrogen) atoms. The van der Waals surface area contributed by atoms with Crippen LogP contribution in [0.25, 0.3) is 0 Å². The molecule has 0 unspecified atom stereocenters. The van der Waals surface area contributed by atoms with Crippen LogP contribution >= 0.6 is 0 Å². The first-order valence-electron chi connectivity index (χ1n) is 17.8. The van der Waals surface area contributed by atoms with Crippen LogP contribution in [0.15, 0.2) is 35.5 Å². The molecule has 2 fully saturated rings. The molecule has 11 nitrogen and oxygen atoms in total. The van der Waals surface area contributed by atoms with Crippen LogP contribution in [0, 0.1) is 29.6 Å². The Morgan fingerprint density at radius 2 is 1.65 bits per heavy atom. The normalized spacial score (nSPS) is 41.1. The first-order valence-corrected chi connectivity index (χ1v) is 17.8. The molecule has 0 amide bonds. The van der Waals surface area contributed by atoms with Crippen molar-refractivity contribution < 1.29 is 44.0 Å². The van der Waals surface area contributed by atoms with Crippen molar-refractivity contribution in [2.75, 3.05) is 21.2 Å². The Kier molecular flexibility index (Phi) is 14.5. The Morgan fingerprint density at radius 3 is 2.22 bits per heavy atom. The quantitative estimate of drug-likeness (QED) is 0.265. The molecule has 278 valence electrons. The molecule has 0 radical (unpaired) electrons. The van der Waals surface area contributed by atoms with Gasteiger partial charge in [0.05, 0.1) is 47.8 Å². The number of aliphatic hydroxyl groups excluding tert-OH is 2. The van der Waals surface area contributed by atoms with Crippen LogP contribution in [0.3, 0.4) is 0 Å². The molecule has 0 aromatic heterocycles. The summed E-state index contributed by atoms with van der Waals surface area (Å²) in [5.74, 6) is -4.25. The summed E-state index contributed by atoms with van der Waals surface area (Å²) in [6.07, 6.45) is -3.46. The zero-order valence-corrected chi connectivity index (χ0v) is 31.5. The zero-order chi connectivity index (χ0) is 36.8. The van der Waals surface area contributed by atoms with Gasteiger partial charge < -0.3 is 39.3 Å². The molecular weight excluding hydrogens is 628 g/mol. The minimum absolute atomic E-state index is 0.0982. The SMILES string of the molecule is CC[C@@H]1CC(=O)[C@H](C)C(=O)[C@H](C)[C@@H](O[C@@H]2O[C@H](C)C[C@H](N(C)C)[C@H]2O)[C@@](C)(OCc2ccccc2)C[C@@H](C)/C(=N\OC)[C@@H](C)[C@@H](O)[C@]1(C)O. The van der Waals surface area contributed by atoms with Crippen LogP contribution in [0.2, 0.25) is 0 Å². The summed E-state index contributed by atoms with van der Waals surface area (Å²) in [5, 5.41) is 39.3. The molecule has 1 aromatic carbocycles. The van der Waals surface area contributed by atoms with E-state index in [1.807, 2.05) is 77.0 Å². The monoisotopic (exact) mass is 690 g/mol. The van der Waals surface area contributed by atoms with Crippen LogP contribution in [-0.2, 0) is 35.2 Å². The minimum atomic E-state index is -1.66. The first-order chi connectivity index (χ1) is 22.9. The number of carbonyl (C=O) groups excluding carboxylic acids is 2. The van der Waals surface area contributed by atoms with Gasteiger partial charge in [-0.25, -0.2) is 0 Å². The fourth-order valence-corrected chi connectivity index (χ4v) is 7.90. The number of benzene rings is 1. The molecular formula is C38H62N2O9. The Labute approximate surface area is 293 Å². The van der Waals surface area contributed by atoms with Gasteiger partial charge >= 0.3 is 0 Å². The maximum Gasteiger partial charge on any atom is 0.185 e. The van der Waals surface area contributed by atoms with E-state index >= 15 is 0 Å². The van der Waals surface area contributed by atoms with Crippen molar-refractivity contribution in [1.29, 1.82) is 0 Å². The smallest absolute Gasteiger partial charge is 0.185 e. The second kappa shape index (κ2) is 17.3. The largest absolute Gasteiger partial charge is 0.399 e. The third-order valence-electron chi connectivity index (χ3n) is 11.1. The maximum absolute atomic E-state index is 14.4. The number of oxime groups is 1. The van der Waals surface area contributed by atoms with Crippen molar-refractivity contribution in [2.24, 2.45) is 34.7 Å². The van der Waals surface area contributed by atoms with Gasteiger partial charge in [-0.05, 0) is 66.1 Å². The number of hydrogen-bond acceptors (Lipinski definition) is 11. The lowest BCUT2D eigenvalue weighted by Gasteiger charge is -2.47. The van der Waals surface area contributed by atoms with Crippen LogP contribution in [0.5, 0.6) is 0 Å². The third-order valence-corrected chi connectivity index (χ3v) is 11.1. The number of hydrogen-bond donors (Lipinski definition) is 3. The van der Waals surface area contributed by atoms with E-state index in [1.54, 1.807) is 27.7 Å². The summed E-state index contributed by atoms with van der Waals surface area (Å²) < 4.78 is 19.8. The lowest BCUT2D eigenvalue weighted by atomic mass is 9.70. The van der Waals surface area contributed by atoms with Crippen molar-refractivity contribution >= 4 is 17.3 Å². The first kappa shape index (κ1) is 41.2. The van der Waals surface area contributed by atoms with Gasteiger partial charge in [0, 0.05) is 30.2 Å². The Hall–Kier alpha value is -2.25. The molecule has 0 spiro atoms. The van der Waals surface area contributed by atoms with Gasteiger partial charge in [-0.15, -0.1) is 0 Å². The highest BCUT2D eigenvalue weighted by atomic mass is 16.7. The maximum atomic E-state index is 14.4. The van der Waals surface area contributed by atoms with Gasteiger partial charge in [0.1, 0.15) is 24.8 Å². The number of Topliss-reactive ketones (excluding diaryl/α,β-unsaturated/α-hetero) is 2. The fraction of sp³-hybridized carbons (Fsp3) is 0.763. The molecule has 1 aliphatic carbocycles. The number of carbonyl (C=O) groups is 2. The lowest BCUT2D eigenvalue weighted by molar-refractivity contribution is -0.298. The Bertz CT molecular complexity index is 1260. The standard InChI is InChI=1S/C38H62N2O9/c1-12-28-19-30(41)24(4)32(42)26(6)35(49-36-33(43)29(40(9)10)18-23(3)48-36)37(7,47-21-27-16-14-13-15-17-27)20-22(2)31(39-46-11)25(5)34(44)38(28,8)45/h13-17,22-26,28-29,33-36,43-45H,12,18-21H2,1-11H3/b39-31+/t22-,23-,24+,25-,26+,28-,29+,33-,34-,35-,36+,37+,38-/m1/s1. The minimum Gasteiger partial charge on any atom is -0.399 e. The van der Waals surface area contributed by atoms with Crippen molar-refractivity contribution in [2.45, 2.75) is 136 Å². The fourth-order valence-electron chi connectivity index (χ4n) is 7.90. The van der Waals surface area contributed by atoms with E-state index in [1.165, 1.54) is 7.11 Å². The molecule has 1 saturated carbocycles. The lowest BCUT2D eigenvalue weighted by Crippen LogP contribution is -2.59. The molecule has 3 rings (SSSR count). The second-order valence-electron chi connectivity index (χ2n) is 15.2. The number of rotatable bonds is 8. The van der Waals surface area contributed by atoms with E-state index in [4.69, 9.17) is 19.0 Å². The van der Waals surface area contributed by atoms with E-state index in [0.717, 1.165) is 5.56 Å². The molecule has 2 aliphatic rings. The second-order valence-corrected chi connectivity index (χ2v) is 15.2. The number of ketones is 2. The van der Waals surface area contributed by atoms with Crippen molar-refractivity contribution in [3.05, 3.63) is 35.9 Å². The van der Waals surface area contributed by atoms with Gasteiger partial charge in [0.2, 0.25) is 0 Å². The highest BCUT2D eigenvalue weighted by molar-refractivity contribution is 6.03. The van der Waals surface area contributed by atoms with Crippen molar-refractivity contribution in [3.8, 4) is 0 Å². The summed E-state index contributed by atoms with van der Waals surface area (Å²) in [5.41, 5.74) is -1.49. The van der Waals surface area contributed by atoms with Crippen LogP contribution in [0.1, 0.15) is 86.6 Å². The topological polar surface area (TPSA) is 147 Å². The molecule has 1 aromatic rings. The zero-order valence-electron chi connectivity index (χ0n) is 31.5. The van der Waals surface area contributed by atoms with Gasteiger partial charge in [0.25, 0.3) is 0 Å². The van der Waals surface area contributed by atoms with E-state index in [9.17, 15) is 24.9 Å². The van der Waals surface area contributed by atoms with Crippen molar-refractivity contribution in [1.82, 2.24) is 4.90 Å². The summed E-state index contributed by atoms with van der Waals surface area (Å²) in [7, 11) is 5.22. The highest BCUT2D eigenvalue weighted by Gasteiger charge is 2.51. The Balaban J connectivity index is 2.22. The van der Waals surface area contributed by atoms with Gasteiger partial charge in [-0.3, -0.25) is 9.59 Å². The number of aliphatic hydroxyl groups is 3. The van der Waals surface area contributed by atoms with E-state index < -0.39 is 65.4 Å². The van der Waals surface area contributed by atoms with Gasteiger partial charge in [-0.1, -0.05) is 69.6 Å². The van der Waals surface area contributed by atoms with Gasteiger partial charge in [0.15, 0.2) is 6.29 Å². The number of nitrogens with zero attached hydrogens (tertiary/aromatic N) is 2. The Morgan fingerprint density at radius 1 is 1.02 bits per heavy atom. The highest BCUT2D eigenvalue weighted by Crippen LogP contribution is 2.40. The molecule has 1 aliphatic heterocycles. The summed E-state index contributed by atoms with van der Waals surface area (Å²) in [6, 6.07) is 9.39. The van der Waals surface area contributed by atoms with Crippen LogP contribution in [-0.4, -0.2) is 107 Å². The number of likely N-dealkylation sites (N-methyl/N-ethyl adjacent to an activating group) is 1. The molecule has 1 saturated heterocycles. The molecule has 3 N–H and O–H groups in total. The van der Waals surface area contributed by atoms with E-state index in [2.05, 4.69) is 5.16 Å². The van der Waals surface area contributed by atoms with E-state index in [-0.39, 0.29) is 43.2 Å². The summed E-state index contributed by atoms with van der Waals surface area (Å²) >= 11 is 0. The summed E-state index contributed by atoms with van der Waals surface area (Å²) in [6.45, 7) is 14.4. The van der Waals surface area contributed by atoms with Crippen LogP contribution in [0.4, 0.5) is 0 Å².